The summed E-state index contributed by atoms with van der Waals surface area (Å²) in [6, 6.07) is 0. The maximum absolute atomic E-state index is 5.61. The smallest absolute Gasteiger partial charge is 0.0494 e. The molecule has 0 unspecified atom stereocenters. The number of hydrogen-bond donors (Lipinski definition) is 2. The van der Waals surface area contributed by atoms with E-state index < -0.39 is 0 Å². The second kappa shape index (κ2) is 8.86. The van der Waals surface area contributed by atoms with Crippen LogP contribution in [0.5, 0.6) is 0 Å². The number of hydrogen-bond acceptors (Lipinski definition) is 4. The fourth-order valence-corrected chi connectivity index (χ4v) is 2.32. The average molecular weight is 255 g/mol. The van der Waals surface area contributed by atoms with E-state index in [1.807, 2.05) is 0 Å². The normalized spacial score (nSPS) is 22.0. The number of ether oxygens (including phenoxy) is 1. The van der Waals surface area contributed by atoms with Gasteiger partial charge in [-0.15, -0.1) is 0 Å². The molecule has 1 aliphatic heterocycles. The molecule has 2 N–H and O–H groups in total. The molecule has 0 aromatic carbocycles. The van der Waals surface area contributed by atoms with E-state index >= 15 is 0 Å². The van der Waals surface area contributed by atoms with Crippen molar-refractivity contribution in [2.45, 2.75) is 25.7 Å². The van der Waals surface area contributed by atoms with Gasteiger partial charge in [0.15, 0.2) is 0 Å². The summed E-state index contributed by atoms with van der Waals surface area (Å²) in [5.74, 6) is 0.898. The van der Waals surface area contributed by atoms with Crippen LogP contribution in [0.25, 0.3) is 0 Å². The van der Waals surface area contributed by atoms with E-state index in [2.05, 4.69) is 15.5 Å². The first-order valence-electron chi connectivity index (χ1n) is 7.66. The molecule has 0 bridgehead atoms. The maximum Gasteiger partial charge on any atom is 0.0494 e. The Morgan fingerprint density at radius 3 is 3.00 bits per heavy atom. The lowest BCUT2D eigenvalue weighted by Crippen LogP contribution is -2.35. The Balaban J connectivity index is 1.33. The summed E-state index contributed by atoms with van der Waals surface area (Å²) in [6.45, 7) is 10.1. The van der Waals surface area contributed by atoms with Gasteiger partial charge in [-0.2, -0.15) is 0 Å². The summed E-state index contributed by atoms with van der Waals surface area (Å²) in [5.41, 5.74) is 0. The van der Waals surface area contributed by atoms with Gasteiger partial charge >= 0.3 is 0 Å². The molecule has 0 radical (unpaired) electrons. The molecule has 1 heterocycles. The van der Waals surface area contributed by atoms with Gasteiger partial charge in [0.05, 0.1) is 0 Å². The Hall–Kier alpha value is -0.160. The van der Waals surface area contributed by atoms with Crippen LogP contribution in [0, 0.1) is 5.92 Å². The van der Waals surface area contributed by atoms with Crippen LogP contribution in [0.3, 0.4) is 0 Å². The molecule has 0 aromatic rings. The van der Waals surface area contributed by atoms with E-state index in [9.17, 15) is 0 Å². The van der Waals surface area contributed by atoms with Gasteiger partial charge in [-0.1, -0.05) is 0 Å². The lowest BCUT2D eigenvalue weighted by Gasteiger charge is -2.19. The highest BCUT2D eigenvalue weighted by Gasteiger charge is 2.20. The number of nitrogens with zero attached hydrogens (tertiary/aromatic N) is 1. The Labute approximate surface area is 111 Å². The lowest BCUT2D eigenvalue weighted by molar-refractivity contribution is 0.122. The third-order valence-corrected chi connectivity index (χ3v) is 3.73. The first kappa shape index (κ1) is 14.3. The molecule has 2 fully saturated rings. The highest BCUT2D eigenvalue weighted by molar-refractivity contribution is 4.72. The fourth-order valence-electron chi connectivity index (χ4n) is 2.32. The zero-order valence-corrected chi connectivity index (χ0v) is 11.6. The van der Waals surface area contributed by atoms with E-state index in [0.29, 0.717) is 0 Å². The van der Waals surface area contributed by atoms with Crippen molar-refractivity contribution in [3.05, 3.63) is 0 Å². The molecule has 0 atom stereocenters. The SMILES string of the molecule is C(CNCCN1CCCNCC1)COCC1CC1. The van der Waals surface area contributed by atoms with E-state index in [-0.39, 0.29) is 0 Å². The summed E-state index contributed by atoms with van der Waals surface area (Å²) >= 11 is 0. The maximum atomic E-state index is 5.61. The molecule has 1 saturated heterocycles. The molecule has 0 amide bonds. The van der Waals surface area contributed by atoms with Gasteiger partial charge in [0.2, 0.25) is 0 Å². The zero-order chi connectivity index (χ0) is 12.5. The molecule has 4 heteroatoms. The minimum absolute atomic E-state index is 0.898. The Morgan fingerprint density at radius 2 is 2.11 bits per heavy atom. The van der Waals surface area contributed by atoms with Crippen LogP contribution >= 0.6 is 0 Å². The number of nitrogens with one attached hydrogen (secondary N) is 2. The van der Waals surface area contributed by atoms with Gasteiger partial charge in [-0.05, 0) is 51.2 Å². The minimum Gasteiger partial charge on any atom is -0.381 e. The molecule has 1 aliphatic carbocycles. The third kappa shape index (κ3) is 6.69. The average Bonchev–Trinajstić information content (AvgIpc) is 3.19. The van der Waals surface area contributed by atoms with Crippen molar-refractivity contribution >= 4 is 0 Å². The largest absolute Gasteiger partial charge is 0.381 e. The highest BCUT2D eigenvalue weighted by atomic mass is 16.5. The third-order valence-electron chi connectivity index (χ3n) is 3.73. The molecule has 2 aliphatic rings. The molecule has 2 rings (SSSR count). The lowest BCUT2D eigenvalue weighted by atomic mass is 10.4. The van der Waals surface area contributed by atoms with Gasteiger partial charge in [-0.25, -0.2) is 0 Å². The standard InChI is InChI=1S/C14H29N3O/c1-5-15-7-10-17(9-1)11-8-16-6-2-12-18-13-14-3-4-14/h14-16H,1-13H2. The van der Waals surface area contributed by atoms with E-state index in [1.165, 1.54) is 45.4 Å². The summed E-state index contributed by atoms with van der Waals surface area (Å²) in [5, 5.41) is 6.95. The molecule has 1 saturated carbocycles. The quantitative estimate of drug-likeness (QED) is 0.594. The Kier molecular flexibility index (Phi) is 7.01. The number of rotatable bonds is 9. The second-order valence-corrected chi connectivity index (χ2v) is 5.57. The second-order valence-electron chi connectivity index (χ2n) is 5.57. The summed E-state index contributed by atoms with van der Waals surface area (Å²) in [6.07, 6.45) is 5.22. The van der Waals surface area contributed by atoms with Crippen LogP contribution in [0.4, 0.5) is 0 Å². The van der Waals surface area contributed by atoms with Crippen LogP contribution in [0.15, 0.2) is 0 Å². The van der Waals surface area contributed by atoms with Crippen molar-refractivity contribution in [3.8, 4) is 0 Å². The zero-order valence-electron chi connectivity index (χ0n) is 11.6. The van der Waals surface area contributed by atoms with Crippen LogP contribution < -0.4 is 10.6 Å². The van der Waals surface area contributed by atoms with Crippen molar-refractivity contribution in [1.29, 1.82) is 0 Å². The van der Waals surface area contributed by atoms with Gasteiger partial charge in [0.1, 0.15) is 0 Å². The molecule has 0 spiro atoms. The Morgan fingerprint density at radius 1 is 1.17 bits per heavy atom. The van der Waals surface area contributed by atoms with Crippen molar-refractivity contribution in [3.63, 3.8) is 0 Å². The predicted molar refractivity (Wildman–Crippen MR) is 75.0 cm³/mol. The first-order valence-corrected chi connectivity index (χ1v) is 7.66. The summed E-state index contributed by atoms with van der Waals surface area (Å²) < 4.78 is 5.61. The van der Waals surface area contributed by atoms with Crippen molar-refractivity contribution in [2.24, 2.45) is 5.92 Å². The van der Waals surface area contributed by atoms with Gasteiger partial charge in [0.25, 0.3) is 0 Å². The predicted octanol–water partition coefficient (Wildman–Crippen LogP) is 0.688. The van der Waals surface area contributed by atoms with E-state index in [0.717, 1.165) is 45.2 Å². The highest BCUT2D eigenvalue weighted by Crippen LogP contribution is 2.28. The van der Waals surface area contributed by atoms with Crippen LogP contribution in [0.2, 0.25) is 0 Å². The molecule has 106 valence electrons. The molecular formula is C14H29N3O. The van der Waals surface area contributed by atoms with Gasteiger partial charge in [-0.3, -0.25) is 0 Å². The van der Waals surface area contributed by atoms with Crippen LogP contribution in [0.1, 0.15) is 25.7 Å². The van der Waals surface area contributed by atoms with Gasteiger partial charge in [0, 0.05) is 39.4 Å². The van der Waals surface area contributed by atoms with Gasteiger partial charge < -0.3 is 20.3 Å². The molecular weight excluding hydrogens is 226 g/mol. The first-order chi connectivity index (χ1) is 8.95. The molecule has 0 aromatic heterocycles. The van der Waals surface area contributed by atoms with Crippen molar-refractivity contribution in [2.75, 3.05) is 59.0 Å². The van der Waals surface area contributed by atoms with Crippen LogP contribution in [-0.4, -0.2) is 63.9 Å². The van der Waals surface area contributed by atoms with Crippen LogP contribution in [-0.2, 0) is 4.74 Å². The minimum atomic E-state index is 0.898. The monoisotopic (exact) mass is 255 g/mol. The fraction of sp³-hybridized carbons (Fsp3) is 1.00. The Bertz CT molecular complexity index is 201. The summed E-state index contributed by atoms with van der Waals surface area (Å²) in [7, 11) is 0. The molecule has 4 nitrogen and oxygen atoms in total. The van der Waals surface area contributed by atoms with Crippen molar-refractivity contribution in [1.82, 2.24) is 15.5 Å². The topological polar surface area (TPSA) is 36.5 Å². The van der Waals surface area contributed by atoms with Crippen molar-refractivity contribution < 1.29 is 4.74 Å². The summed E-state index contributed by atoms with van der Waals surface area (Å²) in [4.78, 5) is 2.55. The van der Waals surface area contributed by atoms with E-state index in [4.69, 9.17) is 4.74 Å². The van der Waals surface area contributed by atoms with E-state index in [1.54, 1.807) is 0 Å². The molecule has 18 heavy (non-hydrogen) atoms.